The lowest BCUT2D eigenvalue weighted by molar-refractivity contribution is -0.120. The number of H-pyrrole nitrogens is 1. The van der Waals surface area contributed by atoms with E-state index < -0.39 is 0 Å². The van der Waals surface area contributed by atoms with Crippen LogP contribution in [0.25, 0.3) is 22.2 Å². The molecule has 1 aliphatic carbocycles. The van der Waals surface area contributed by atoms with Crippen LogP contribution < -0.4 is 16.4 Å². The zero-order chi connectivity index (χ0) is 22.8. The molecule has 0 aliphatic heterocycles. The van der Waals surface area contributed by atoms with Crippen molar-refractivity contribution in [2.45, 2.75) is 31.7 Å². The first-order chi connectivity index (χ1) is 16.1. The first-order valence-corrected chi connectivity index (χ1v) is 11.5. The molecule has 2 heterocycles. The highest BCUT2D eigenvalue weighted by atomic mass is 35.5. The van der Waals surface area contributed by atoms with Gasteiger partial charge in [-0.1, -0.05) is 36.2 Å². The highest BCUT2D eigenvalue weighted by molar-refractivity contribution is 6.33. The summed E-state index contributed by atoms with van der Waals surface area (Å²) in [5, 5.41) is 7.98. The van der Waals surface area contributed by atoms with Crippen LogP contribution in [0.3, 0.4) is 0 Å². The van der Waals surface area contributed by atoms with Crippen molar-refractivity contribution in [1.29, 1.82) is 0 Å². The zero-order valence-corrected chi connectivity index (χ0v) is 18.8. The Bertz CT molecular complexity index is 1290. The van der Waals surface area contributed by atoms with Gasteiger partial charge in [0.25, 0.3) is 0 Å². The summed E-state index contributed by atoms with van der Waals surface area (Å²) >= 11 is 6.45. The molecule has 2 atom stereocenters. The van der Waals surface area contributed by atoms with Gasteiger partial charge in [0.2, 0.25) is 11.9 Å². The Kier molecular flexibility index (Phi) is 5.88. The summed E-state index contributed by atoms with van der Waals surface area (Å²) in [6, 6.07) is 15.3. The molecule has 4 aromatic rings. The number of halogens is 1. The molecule has 5 rings (SSSR count). The Hall–Kier alpha value is -3.58. The Balaban J connectivity index is 1.29. The predicted molar refractivity (Wildman–Crippen MR) is 133 cm³/mol. The van der Waals surface area contributed by atoms with Crippen LogP contribution >= 0.6 is 11.6 Å². The van der Waals surface area contributed by atoms with Gasteiger partial charge in [0, 0.05) is 46.0 Å². The van der Waals surface area contributed by atoms with Crippen LogP contribution in [0.15, 0.2) is 60.9 Å². The summed E-state index contributed by atoms with van der Waals surface area (Å²) in [5.74, 6) is 0.473. The lowest BCUT2D eigenvalue weighted by Gasteiger charge is -2.29. The summed E-state index contributed by atoms with van der Waals surface area (Å²) in [6.07, 6.45) is 7.04. The number of aromatic nitrogens is 3. The van der Waals surface area contributed by atoms with Crippen molar-refractivity contribution in [3.05, 3.63) is 65.9 Å². The number of carbonyl (C=O) groups excluding carboxylic acids is 1. The van der Waals surface area contributed by atoms with E-state index in [1.165, 1.54) is 0 Å². The maximum Gasteiger partial charge on any atom is 0.227 e. The molecule has 168 valence electrons. The number of nitrogens with two attached hydrogens (primary N) is 1. The maximum absolute atomic E-state index is 12.8. The third-order valence-corrected chi connectivity index (χ3v) is 6.42. The summed E-state index contributed by atoms with van der Waals surface area (Å²) in [6.45, 7) is 0. The van der Waals surface area contributed by atoms with Gasteiger partial charge in [-0.2, -0.15) is 0 Å². The van der Waals surface area contributed by atoms with E-state index in [9.17, 15) is 4.79 Å². The van der Waals surface area contributed by atoms with Crippen molar-refractivity contribution >= 4 is 45.7 Å². The number of nitrogens with zero attached hydrogens (tertiary/aromatic N) is 2. The first kappa shape index (κ1) is 21.3. The summed E-state index contributed by atoms with van der Waals surface area (Å²) in [7, 11) is 0. The number of fused-ring (bicyclic) bond motifs is 1. The highest BCUT2D eigenvalue weighted by Gasteiger charge is 2.28. The average molecular weight is 461 g/mol. The largest absolute Gasteiger partial charge is 0.399 e. The SMILES string of the molecule is Nc1ccc(NC(=O)[C@H]2CCCC(Nc3ncc(Cl)c(-c4c[nH]c5ccccc45)n3)C2)cc1. The van der Waals surface area contributed by atoms with Crippen molar-refractivity contribution in [2.75, 3.05) is 16.4 Å². The second-order valence-electron chi connectivity index (χ2n) is 8.45. The summed E-state index contributed by atoms with van der Waals surface area (Å²) in [4.78, 5) is 25.2. The van der Waals surface area contributed by atoms with Crippen LogP contribution in [0.1, 0.15) is 25.7 Å². The number of hydrogen-bond acceptors (Lipinski definition) is 5. The smallest absolute Gasteiger partial charge is 0.227 e. The number of nitrogens with one attached hydrogen (secondary N) is 3. The number of hydrogen-bond donors (Lipinski definition) is 4. The van der Waals surface area contributed by atoms with Gasteiger partial charge in [0.1, 0.15) is 0 Å². The van der Waals surface area contributed by atoms with Crippen LogP contribution in [0, 0.1) is 5.92 Å². The molecule has 2 aromatic heterocycles. The molecule has 1 fully saturated rings. The van der Waals surface area contributed by atoms with Crippen LogP contribution in [0.5, 0.6) is 0 Å². The van der Waals surface area contributed by atoms with Crippen molar-refractivity contribution in [1.82, 2.24) is 15.0 Å². The molecular formula is C25H25ClN6O. The standard InChI is InChI=1S/C25H25ClN6O/c26-21-14-29-25(32-23(21)20-13-28-22-7-2-1-6-19(20)22)31-18-5-3-4-15(12-18)24(33)30-17-10-8-16(27)9-11-17/h1-2,6-11,13-15,18,28H,3-5,12,27H2,(H,30,33)(H,29,31,32)/t15-,18?/m0/s1. The van der Waals surface area contributed by atoms with Crippen molar-refractivity contribution in [2.24, 2.45) is 5.92 Å². The lowest BCUT2D eigenvalue weighted by atomic mass is 9.85. The molecule has 1 saturated carbocycles. The van der Waals surface area contributed by atoms with Crippen molar-refractivity contribution in [3.63, 3.8) is 0 Å². The van der Waals surface area contributed by atoms with Gasteiger partial charge >= 0.3 is 0 Å². The second-order valence-corrected chi connectivity index (χ2v) is 8.86. The fourth-order valence-electron chi connectivity index (χ4n) is 4.45. The normalized spacial score (nSPS) is 18.2. The molecule has 1 amide bonds. The van der Waals surface area contributed by atoms with Gasteiger partial charge in [-0.25, -0.2) is 9.97 Å². The van der Waals surface area contributed by atoms with Crippen LogP contribution in [0.2, 0.25) is 5.02 Å². The predicted octanol–water partition coefficient (Wildman–Crippen LogP) is 5.47. The van der Waals surface area contributed by atoms with Crippen molar-refractivity contribution < 1.29 is 4.79 Å². The van der Waals surface area contributed by atoms with E-state index in [1.54, 1.807) is 18.3 Å². The van der Waals surface area contributed by atoms with E-state index in [-0.39, 0.29) is 17.9 Å². The number of anilines is 3. The minimum absolute atomic E-state index is 0.0303. The van der Waals surface area contributed by atoms with E-state index >= 15 is 0 Å². The number of rotatable bonds is 5. The van der Waals surface area contributed by atoms with E-state index in [0.29, 0.717) is 22.4 Å². The molecule has 0 radical (unpaired) electrons. The molecule has 2 aromatic carbocycles. The summed E-state index contributed by atoms with van der Waals surface area (Å²) in [5.41, 5.74) is 9.80. The van der Waals surface area contributed by atoms with Crippen LogP contribution in [-0.2, 0) is 4.79 Å². The molecule has 0 bridgehead atoms. The van der Waals surface area contributed by atoms with Gasteiger partial charge in [0.15, 0.2) is 0 Å². The third-order valence-electron chi connectivity index (χ3n) is 6.14. The molecule has 0 saturated heterocycles. The van der Waals surface area contributed by atoms with E-state index in [0.717, 1.165) is 47.8 Å². The number of carbonyl (C=O) groups is 1. The summed E-state index contributed by atoms with van der Waals surface area (Å²) < 4.78 is 0. The quantitative estimate of drug-likeness (QED) is 0.295. The number of nitrogen functional groups attached to an aromatic ring is 1. The molecule has 5 N–H and O–H groups in total. The number of benzene rings is 2. The number of para-hydroxylation sites is 1. The topological polar surface area (TPSA) is 109 Å². The van der Waals surface area contributed by atoms with E-state index in [1.807, 2.05) is 42.6 Å². The first-order valence-electron chi connectivity index (χ1n) is 11.1. The third kappa shape index (κ3) is 4.64. The minimum atomic E-state index is -0.0748. The minimum Gasteiger partial charge on any atom is -0.399 e. The molecule has 7 nitrogen and oxygen atoms in total. The van der Waals surface area contributed by atoms with Gasteiger partial charge in [-0.05, 0) is 49.6 Å². The zero-order valence-electron chi connectivity index (χ0n) is 18.0. The maximum atomic E-state index is 12.8. The van der Waals surface area contributed by atoms with Crippen molar-refractivity contribution in [3.8, 4) is 11.3 Å². The number of amides is 1. The second kappa shape index (κ2) is 9.11. The van der Waals surface area contributed by atoms with Crippen LogP contribution in [-0.4, -0.2) is 26.9 Å². The molecule has 8 heteroatoms. The lowest BCUT2D eigenvalue weighted by Crippen LogP contribution is -2.34. The molecular weight excluding hydrogens is 436 g/mol. The van der Waals surface area contributed by atoms with Gasteiger partial charge in [-0.3, -0.25) is 4.79 Å². The Morgan fingerprint density at radius 1 is 1.12 bits per heavy atom. The fraction of sp³-hybridized carbons (Fsp3) is 0.240. The molecule has 0 spiro atoms. The monoisotopic (exact) mass is 460 g/mol. The average Bonchev–Trinajstić information content (AvgIpc) is 3.26. The molecule has 33 heavy (non-hydrogen) atoms. The highest BCUT2D eigenvalue weighted by Crippen LogP contribution is 2.33. The van der Waals surface area contributed by atoms with E-state index in [4.69, 9.17) is 22.3 Å². The fourth-order valence-corrected chi connectivity index (χ4v) is 4.64. The van der Waals surface area contributed by atoms with Gasteiger partial charge in [-0.15, -0.1) is 0 Å². The molecule has 1 aliphatic rings. The van der Waals surface area contributed by atoms with Gasteiger partial charge in [0.05, 0.1) is 16.9 Å². The Morgan fingerprint density at radius 3 is 2.79 bits per heavy atom. The Morgan fingerprint density at radius 2 is 1.94 bits per heavy atom. The van der Waals surface area contributed by atoms with Gasteiger partial charge < -0.3 is 21.4 Å². The number of aromatic amines is 1. The van der Waals surface area contributed by atoms with Crippen LogP contribution in [0.4, 0.5) is 17.3 Å². The van der Waals surface area contributed by atoms with E-state index in [2.05, 4.69) is 20.6 Å². The Labute approximate surface area is 196 Å². The molecule has 1 unspecified atom stereocenters.